The van der Waals surface area contributed by atoms with E-state index < -0.39 is 0 Å². The van der Waals surface area contributed by atoms with Gasteiger partial charge in [-0.3, -0.25) is 14.8 Å². The maximum absolute atomic E-state index is 12.7. The van der Waals surface area contributed by atoms with Crippen molar-refractivity contribution in [2.75, 3.05) is 5.73 Å². The molecule has 0 bridgehead atoms. The first-order valence-corrected chi connectivity index (χ1v) is 10.6. The van der Waals surface area contributed by atoms with Crippen LogP contribution in [0.1, 0.15) is 33.0 Å². The Bertz CT molecular complexity index is 1500. The number of fused-ring (bicyclic) bond motifs is 2. The standard InChI is InChI=1S/C26H22N6O/c1-16-2-5-20-10-17(4-7-23(20)31-16)12-21-14-28-15-24(32-21)26(33)30-13-18-3-6-22-19(11-18)8-9-29-25(22)27/h2-11,14-15H,12-13H2,1H3,(H2,27,29)(H,30,33). The monoisotopic (exact) mass is 434 g/mol. The highest BCUT2D eigenvalue weighted by Gasteiger charge is 2.10. The van der Waals surface area contributed by atoms with E-state index in [-0.39, 0.29) is 5.91 Å². The molecular formula is C26H22N6O. The van der Waals surface area contributed by atoms with Crippen molar-refractivity contribution in [2.45, 2.75) is 19.9 Å². The molecule has 0 aliphatic carbocycles. The molecule has 0 spiro atoms. The number of nitrogen functional groups attached to an aromatic ring is 1. The number of carbonyl (C=O) groups is 1. The van der Waals surface area contributed by atoms with E-state index >= 15 is 0 Å². The molecule has 0 atom stereocenters. The van der Waals surface area contributed by atoms with Crippen molar-refractivity contribution in [2.24, 2.45) is 0 Å². The summed E-state index contributed by atoms with van der Waals surface area (Å²) in [6, 6.07) is 17.9. The first-order valence-electron chi connectivity index (χ1n) is 10.6. The van der Waals surface area contributed by atoms with Crippen LogP contribution in [0.2, 0.25) is 0 Å². The molecule has 5 aromatic rings. The van der Waals surface area contributed by atoms with E-state index in [0.717, 1.165) is 44.2 Å². The van der Waals surface area contributed by atoms with Crippen LogP contribution < -0.4 is 11.1 Å². The Morgan fingerprint density at radius 3 is 2.70 bits per heavy atom. The summed E-state index contributed by atoms with van der Waals surface area (Å²) in [6.07, 6.45) is 5.43. The maximum atomic E-state index is 12.7. The minimum absolute atomic E-state index is 0.267. The zero-order valence-corrected chi connectivity index (χ0v) is 18.1. The fourth-order valence-corrected chi connectivity index (χ4v) is 3.83. The van der Waals surface area contributed by atoms with E-state index in [1.54, 1.807) is 12.4 Å². The number of nitrogens with zero attached hydrogens (tertiary/aromatic N) is 4. The maximum Gasteiger partial charge on any atom is 0.271 e. The lowest BCUT2D eigenvalue weighted by Crippen LogP contribution is -2.24. The third kappa shape index (κ3) is 4.48. The molecule has 0 radical (unpaired) electrons. The van der Waals surface area contributed by atoms with Gasteiger partial charge in [-0.2, -0.15) is 0 Å². The van der Waals surface area contributed by atoms with Crippen LogP contribution in [-0.4, -0.2) is 25.8 Å². The lowest BCUT2D eigenvalue weighted by molar-refractivity contribution is 0.0945. The number of hydrogen-bond donors (Lipinski definition) is 2. The molecule has 1 amide bonds. The first kappa shape index (κ1) is 20.5. The molecule has 33 heavy (non-hydrogen) atoms. The molecule has 162 valence electrons. The Morgan fingerprint density at radius 1 is 0.939 bits per heavy atom. The van der Waals surface area contributed by atoms with Gasteiger partial charge in [0.15, 0.2) is 0 Å². The molecule has 7 heteroatoms. The van der Waals surface area contributed by atoms with Crippen LogP contribution >= 0.6 is 0 Å². The number of rotatable bonds is 5. The molecule has 0 saturated heterocycles. The molecule has 0 aliphatic rings. The topological polar surface area (TPSA) is 107 Å². The summed E-state index contributed by atoms with van der Waals surface area (Å²) in [5.74, 6) is 0.227. The molecule has 0 saturated carbocycles. The summed E-state index contributed by atoms with van der Waals surface area (Å²) >= 11 is 0. The van der Waals surface area contributed by atoms with E-state index in [0.29, 0.717) is 24.5 Å². The Balaban J connectivity index is 1.28. The third-order valence-electron chi connectivity index (χ3n) is 5.51. The molecule has 0 unspecified atom stereocenters. The van der Waals surface area contributed by atoms with Gasteiger partial charge in [0.25, 0.3) is 5.91 Å². The second-order valence-electron chi connectivity index (χ2n) is 7.99. The summed E-state index contributed by atoms with van der Waals surface area (Å²) in [4.78, 5) is 30.1. The number of carbonyl (C=O) groups excluding carboxylic acids is 1. The summed E-state index contributed by atoms with van der Waals surface area (Å²) in [7, 11) is 0. The van der Waals surface area contributed by atoms with Crippen LogP contribution in [0.25, 0.3) is 21.7 Å². The fraction of sp³-hybridized carbons (Fsp3) is 0.115. The van der Waals surface area contributed by atoms with Crippen molar-refractivity contribution in [3.8, 4) is 0 Å². The van der Waals surface area contributed by atoms with Gasteiger partial charge in [0, 0.05) is 41.8 Å². The van der Waals surface area contributed by atoms with Crippen LogP contribution in [0.4, 0.5) is 5.82 Å². The van der Waals surface area contributed by atoms with Crippen molar-refractivity contribution in [3.05, 3.63) is 101 Å². The van der Waals surface area contributed by atoms with Crippen molar-refractivity contribution in [1.82, 2.24) is 25.3 Å². The summed E-state index contributed by atoms with van der Waals surface area (Å²) in [5.41, 5.74) is 10.9. The van der Waals surface area contributed by atoms with Crippen LogP contribution in [0.3, 0.4) is 0 Å². The second kappa shape index (κ2) is 8.63. The van der Waals surface area contributed by atoms with Gasteiger partial charge in [-0.15, -0.1) is 0 Å². The Hall–Kier alpha value is -4.39. The van der Waals surface area contributed by atoms with Gasteiger partial charge < -0.3 is 11.1 Å². The number of aromatic nitrogens is 4. The number of benzene rings is 2. The SMILES string of the molecule is Cc1ccc2cc(Cc3cncc(C(=O)NCc4ccc5c(N)nccc5c4)n3)ccc2n1. The molecule has 3 aromatic heterocycles. The van der Waals surface area contributed by atoms with E-state index in [9.17, 15) is 4.79 Å². The lowest BCUT2D eigenvalue weighted by Gasteiger charge is -2.08. The van der Waals surface area contributed by atoms with Gasteiger partial charge in [-0.1, -0.05) is 24.3 Å². The van der Waals surface area contributed by atoms with Crippen LogP contribution in [0.5, 0.6) is 0 Å². The molecule has 0 aliphatic heterocycles. The summed E-state index contributed by atoms with van der Waals surface area (Å²) in [5, 5.41) is 5.87. The summed E-state index contributed by atoms with van der Waals surface area (Å²) < 4.78 is 0. The Labute approximate surface area is 190 Å². The number of aryl methyl sites for hydroxylation is 1. The number of nitrogens with one attached hydrogen (secondary N) is 1. The van der Waals surface area contributed by atoms with Crippen LogP contribution in [-0.2, 0) is 13.0 Å². The van der Waals surface area contributed by atoms with Gasteiger partial charge in [-0.05, 0) is 53.8 Å². The van der Waals surface area contributed by atoms with E-state index in [4.69, 9.17) is 5.73 Å². The minimum Gasteiger partial charge on any atom is -0.383 e. The number of pyridine rings is 2. The largest absolute Gasteiger partial charge is 0.383 e. The average Bonchev–Trinajstić information content (AvgIpc) is 2.83. The molecule has 3 N–H and O–H groups in total. The highest BCUT2D eigenvalue weighted by atomic mass is 16.1. The third-order valence-corrected chi connectivity index (χ3v) is 5.51. The predicted octanol–water partition coefficient (Wildman–Crippen LogP) is 3.98. The van der Waals surface area contributed by atoms with Gasteiger partial charge in [0.1, 0.15) is 11.5 Å². The van der Waals surface area contributed by atoms with Gasteiger partial charge >= 0.3 is 0 Å². The molecule has 7 nitrogen and oxygen atoms in total. The fourth-order valence-electron chi connectivity index (χ4n) is 3.83. The molecule has 0 fully saturated rings. The van der Waals surface area contributed by atoms with Crippen molar-refractivity contribution in [1.29, 1.82) is 0 Å². The van der Waals surface area contributed by atoms with Crippen molar-refractivity contribution in [3.63, 3.8) is 0 Å². The molecule has 5 rings (SSSR count). The number of hydrogen-bond acceptors (Lipinski definition) is 6. The number of anilines is 1. The molecular weight excluding hydrogens is 412 g/mol. The van der Waals surface area contributed by atoms with Gasteiger partial charge in [0.05, 0.1) is 17.4 Å². The average molecular weight is 435 g/mol. The van der Waals surface area contributed by atoms with Crippen molar-refractivity contribution >= 4 is 33.4 Å². The van der Waals surface area contributed by atoms with Gasteiger partial charge in [-0.25, -0.2) is 9.97 Å². The minimum atomic E-state index is -0.267. The van der Waals surface area contributed by atoms with E-state index in [1.807, 2.05) is 49.4 Å². The normalized spacial score (nSPS) is 11.1. The van der Waals surface area contributed by atoms with Crippen molar-refractivity contribution < 1.29 is 4.79 Å². The predicted molar refractivity (Wildman–Crippen MR) is 129 cm³/mol. The van der Waals surface area contributed by atoms with Gasteiger partial charge in [0.2, 0.25) is 0 Å². The zero-order chi connectivity index (χ0) is 22.8. The van der Waals surface area contributed by atoms with E-state index in [1.165, 1.54) is 6.20 Å². The zero-order valence-electron chi connectivity index (χ0n) is 18.1. The Kier molecular flexibility index (Phi) is 5.36. The quantitative estimate of drug-likeness (QED) is 0.433. The lowest BCUT2D eigenvalue weighted by atomic mass is 10.1. The summed E-state index contributed by atoms with van der Waals surface area (Å²) in [6.45, 7) is 2.35. The molecule has 2 aromatic carbocycles. The highest BCUT2D eigenvalue weighted by molar-refractivity contribution is 5.93. The number of nitrogens with two attached hydrogens (primary N) is 1. The highest BCUT2D eigenvalue weighted by Crippen LogP contribution is 2.20. The number of amides is 1. The Morgan fingerprint density at radius 2 is 1.79 bits per heavy atom. The second-order valence-corrected chi connectivity index (χ2v) is 7.99. The first-order chi connectivity index (χ1) is 16.0. The van der Waals surface area contributed by atoms with E-state index in [2.05, 4.69) is 37.4 Å². The smallest absolute Gasteiger partial charge is 0.271 e. The van der Waals surface area contributed by atoms with Crippen LogP contribution in [0, 0.1) is 6.92 Å². The van der Waals surface area contributed by atoms with Crippen LogP contribution in [0.15, 0.2) is 73.2 Å². The molecule has 3 heterocycles.